The van der Waals surface area contributed by atoms with Gasteiger partial charge in [0.05, 0.1) is 35.8 Å². The lowest BCUT2D eigenvalue weighted by Crippen LogP contribution is -2.54. The maximum Gasteiger partial charge on any atom is 0.417 e. The number of anilines is 1. The van der Waals surface area contributed by atoms with Crippen molar-refractivity contribution in [3.63, 3.8) is 0 Å². The van der Waals surface area contributed by atoms with Gasteiger partial charge in [-0.05, 0) is 30.2 Å². The van der Waals surface area contributed by atoms with E-state index in [-0.39, 0.29) is 30.2 Å². The van der Waals surface area contributed by atoms with Gasteiger partial charge in [0.15, 0.2) is 0 Å². The summed E-state index contributed by atoms with van der Waals surface area (Å²) in [5.41, 5.74) is -0.505. The summed E-state index contributed by atoms with van der Waals surface area (Å²) in [6.07, 6.45) is -4.17. The van der Waals surface area contributed by atoms with Gasteiger partial charge in [0.25, 0.3) is 0 Å². The second kappa shape index (κ2) is 6.74. The molecular weight excluding hydrogens is 409 g/mol. The number of hydrogen-bond donors (Lipinski definition) is 0. The fraction of sp³-hybridized carbons (Fsp3) is 0.318. The fourth-order valence-corrected chi connectivity index (χ4v) is 4.94. The van der Waals surface area contributed by atoms with Crippen LogP contribution in [0, 0.1) is 11.3 Å². The molecule has 31 heavy (non-hydrogen) atoms. The number of carbonyl (C=O) groups excluding carboxylic acids is 2. The first-order chi connectivity index (χ1) is 14.8. The lowest BCUT2D eigenvalue weighted by Gasteiger charge is -2.35. The van der Waals surface area contributed by atoms with Crippen LogP contribution in [0.15, 0.2) is 48.5 Å². The molecule has 3 amide bonds. The molecule has 0 aliphatic carbocycles. The summed E-state index contributed by atoms with van der Waals surface area (Å²) in [7, 11) is 0. The molecule has 0 saturated carbocycles. The highest BCUT2D eigenvalue weighted by Gasteiger charge is 2.61. The smallest absolute Gasteiger partial charge is 0.331 e. The summed E-state index contributed by atoms with van der Waals surface area (Å²) < 4.78 is 40.1. The summed E-state index contributed by atoms with van der Waals surface area (Å²) >= 11 is 0. The summed E-state index contributed by atoms with van der Waals surface area (Å²) in [5.74, 6) is -0.129. The number of likely N-dealkylation sites (tertiary alicyclic amines) is 1. The average Bonchev–Trinajstić information content (AvgIpc) is 3.38. The van der Waals surface area contributed by atoms with Gasteiger partial charge in [0, 0.05) is 12.2 Å². The number of fused-ring (bicyclic) bond motifs is 5. The number of nitriles is 1. The third-order valence-corrected chi connectivity index (χ3v) is 6.33. The normalized spacial score (nSPS) is 24.7. The molecule has 0 aromatic heterocycles. The van der Waals surface area contributed by atoms with E-state index in [4.69, 9.17) is 5.26 Å². The maximum atomic E-state index is 13.4. The van der Waals surface area contributed by atoms with Crippen molar-refractivity contribution in [2.75, 3.05) is 11.4 Å². The molecule has 3 fully saturated rings. The molecular formula is C22H17F3N4O2. The molecule has 0 N–H and O–H groups in total. The predicted molar refractivity (Wildman–Crippen MR) is 104 cm³/mol. The van der Waals surface area contributed by atoms with Crippen molar-refractivity contribution in [1.29, 1.82) is 5.26 Å². The Morgan fingerprint density at radius 1 is 1.06 bits per heavy atom. The van der Waals surface area contributed by atoms with Gasteiger partial charge in [-0.1, -0.05) is 30.3 Å². The average molecular weight is 426 g/mol. The molecule has 3 saturated heterocycles. The van der Waals surface area contributed by atoms with Crippen LogP contribution in [0.5, 0.6) is 0 Å². The highest BCUT2D eigenvalue weighted by Crippen LogP contribution is 2.43. The maximum absolute atomic E-state index is 13.4. The van der Waals surface area contributed by atoms with Crippen LogP contribution < -0.4 is 4.90 Å². The van der Waals surface area contributed by atoms with E-state index in [2.05, 4.69) is 0 Å². The Hall–Kier alpha value is -3.54. The lowest BCUT2D eigenvalue weighted by molar-refractivity contribution is -0.138. The van der Waals surface area contributed by atoms with Crippen molar-refractivity contribution >= 4 is 17.6 Å². The van der Waals surface area contributed by atoms with E-state index in [9.17, 15) is 22.8 Å². The van der Waals surface area contributed by atoms with Crippen molar-refractivity contribution in [3.8, 4) is 6.07 Å². The van der Waals surface area contributed by atoms with E-state index >= 15 is 0 Å². The van der Waals surface area contributed by atoms with E-state index in [1.54, 1.807) is 11.0 Å². The molecule has 3 aliphatic heterocycles. The molecule has 3 heterocycles. The van der Waals surface area contributed by atoms with Crippen LogP contribution in [0.4, 0.5) is 23.7 Å². The van der Waals surface area contributed by atoms with Crippen LogP contribution in [0.3, 0.4) is 0 Å². The topological polar surface area (TPSA) is 67.7 Å². The molecule has 3 atom stereocenters. The highest BCUT2D eigenvalue weighted by atomic mass is 19.4. The fourth-order valence-electron chi connectivity index (χ4n) is 4.94. The van der Waals surface area contributed by atoms with Gasteiger partial charge in [0.1, 0.15) is 6.04 Å². The van der Waals surface area contributed by atoms with Crippen LogP contribution >= 0.6 is 0 Å². The van der Waals surface area contributed by atoms with Crippen molar-refractivity contribution in [2.45, 2.75) is 37.3 Å². The SMILES string of the molecule is N#Cc1ccc(N2C[C@@H]3[C@H]4C[C@H](C(=O)N4Cc4ccccc4)N3C2=O)cc1C(F)(F)F. The molecule has 2 bridgehead atoms. The zero-order valence-electron chi connectivity index (χ0n) is 16.2. The van der Waals surface area contributed by atoms with Gasteiger partial charge in [0.2, 0.25) is 5.91 Å². The second-order valence-corrected chi connectivity index (χ2v) is 7.98. The highest BCUT2D eigenvalue weighted by molar-refractivity contribution is 6.00. The molecule has 0 unspecified atom stereocenters. The first-order valence-electron chi connectivity index (χ1n) is 9.85. The summed E-state index contributed by atoms with van der Waals surface area (Å²) in [6.45, 7) is 0.635. The Balaban J connectivity index is 1.43. The van der Waals surface area contributed by atoms with E-state index in [1.807, 2.05) is 30.3 Å². The molecule has 6 nitrogen and oxygen atoms in total. The number of benzene rings is 2. The number of rotatable bonds is 3. The number of carbonyl (C=O) groups is 2. The van der Waals surface area contributed by atoms with Crippen molar-refractivity contribution in [3.05, 3.63) is 65.2 Å². The third-order valence-electron chi connectivity index (χ3n) is 6.33. The van der Waals surface area contributed by atoms with Gasteiger partial charge >= 0.3 is 12.2 Å². The van der Waals surface area contributed by atoms with Crippen LogP contribution in [-0.4, -0.2) is 46.4 Å². The Bertz CT molecular complexity index is 1110. The van der Waals surface area contributed by atoms with E-state index in [1.165, 1.54) is 15.9 Å². The van der Waals surface area contributed by atoms with Gasteiger partial charge in [-0.25, -0.2) is 4.79 Å². The summed E-state index contributed by atoms with van der Waals surface area (Å²) in [6, 6.07) is 12.8. The van der Waals surface area contributed by atoms with Crippen LogP contribution in [0.25, 0.3) is 0 Å². The van der Waals surface area contributed by atoms with Crippen molar-refractivity contribution in [2.24, 2.45) is 0 Å². The zero-order chi connectivity index (χ0) is 21.9. The minimum Gasteiger partial charge on any atom is -0.331 e. The lowest BCUT2D eigenvalue weighted by atomic mass is 10.1. The third kappa shape index (κ3) is 2.93. The molecule has 3 aliphatic rings. The Morgan fingerprint density at radius 2 is 1.81 bits per heavy atom. The predicted octanol–water partition coefficient (Wildman–Crippen LogP) is 3.37. The minimum absolute atomic E-state index is 0.0761. The molecule has 0 radical (unpaired) electrons. The van der Waals surface area contributed by atoms with Crippen LogP contribution in [0.2, 0.25) is 0 Å². The number of amides is 3. The molecule has 5 rings (SSSR count). The minimum atomic E-state index is -4.71. The summed E-state index contributed by atoms with van der Waals surface area (Å²) in [4.78, 5) is 30.5. The number of hydrogen-bond acceptors (Lipinski definition) is 3. The molecule has 0 spiro atoms. The van der Waals surface area contributed by atoms with E-state index < -0.39 is 29.4 Å². The van der Waals surface area contributed by atoms with E-state index in [0.29, 0.717) is 13.0 Å². The Morgan fingerprint density at radius 3 is 2.48 bits per heavy atom. The van der Waals surface area contributed by atoms with Gasteiger partial charge in [-0.2, -0.15) is 18.4 Å². The van der Waals surface area contributed by atoms with Gasteiger partial charge in [-0.15, -0.1) is 0 Å². The largest absolute Gasteiger partial charge is 0.417 e. The first kappa shape index (κ1) is 19.4. The van der Waals surface area contributed by atoms with Gasteiger partial charge in [-0.3, -0.25) is 9.69 Å². The van der Waals surface area contributed by atoms with Crippen molar-refractivity contribution < 1.29 is 22.8 Å². The van der Waals surface area contributed by atoms with E-state index in [0.717, 1.165) is 17.7 Å². The molecule has 9 heteroatoms. The number of halogens is 3. The van der Waals surface area contributed by atoms with Crippen molar-refractivity contribution in [1.82, 2.24) is 9.80 Å². The zero-order valence-corrected chi connectivity index (χ0v) is 16.2. The number of alkyl halides is 3. The monoisotopic (exact) mass is 426 g/mol. The summed E-state index contributed by atoms with van der Waals surface area (Å²) in [5, 5.41) is 9.00. The molecule has 2 aromatic carbocycles. The van der Waals surface area contributed by atoms with Crippen LogP contribution in [0.1, 0.15) is 23.1 Å². The first-order valence-corrected chi connectivity index (χ1v) is 9.85. The Kier molecular flexibility index (Phi) is 4.22. The van der Waals surface area contributed by atoms with Gasteiger partial charge < -0.3 is 9.80 Å². The Labute approximate surface area is 176 Å². The quantitative estimate of drug-likeness (QED) is 0.756. The number of piperazine rings is 1. The second-order valence-electron chi connectivity index (χ2n) is 7.98. The number of nitrogens with zero attached hydrogens (tertiary/aromatic N) is 4. The standard InChI is InChI=1S/C22H17F3N4O2/c23-22(24,25)16-8-15(7-6-14(16)10-26)27-12-19-17-9-18(29(19)21(27)31)20(30)28(17)11-13-4-2-1-3-5-13/h1-8,17-19H,9,11-12H2/t17-,18-,19-/m1/s1. The molecule has 158 valence electrons. The number of urea groups is 1. The van der Waals surface area contributed by atoms with Crippen LogP contribution in [-0.2, 0) is 17.5 Å². The molecule has 2 aromatic rings.